The van der Waals surface area contributed by atoms with E-state index in [9.17, 15) is 0 Å². The van der Waals surface area contributed by atoms with Crippen molar-refractivity contribution in [1.82, 2.24) is 0 Å². The summed E-state index contributed by atoms with van der Waals surface area (Å²) in [5.41, 5.74) is 2.18. The van der Waals surface area contributed by atoms with Gasteiger partial charge < -0.3 is 0 Å². The Kier molecular flexibility index (Phi) is 3.98. The molecule has 0 bridgehead atoms. The van der Waals surface area contributed by atoms with Gasteiger partial charge in [0, 0.05) is 0 Å². The molecule has 2 N–H and O–H groups in total. The second kappa shape index (κ2) is 5.69. The van der Waals surface area contributed by atoms with Gasteiger partial charge in [-0.3, -0.25) is 0 Å². The molecule has 2 aromatic carbocycles. The molecule has 0 heterocycles. The van der Waals surface area contributed by atoms with Gasteiger partial charge in [0.05, 0.1) is 0 Å². The Bertz CT molecular complexity index is 410. The first-order valence-electron chi connectivity index (χ1n) is 5.03. The van der Waals surface area contributed by atoms with E-state index in [1.807, 2.05) is 82.5 Å². The maximum absolute atomic E-state index is 3.30. The molecule has 0 atom stereocenters. The molecular weight excluding hydrogens is 312 g/mol. The van der Waals surface area contributed by atoms with Crippen molar-refractivity contribution in [3.8, 4) is 0 Å². The molecule has 0 unspecified atom stereocenters. The van der Waals surface area contributed by atoms with Gasteiger partial charge in [-0.25, -0.2) is 0 Å². The first-order chi connectivity index (χ1) is 7.84. The van der Waals surface area contributed by atoms with Crippen LogP contribution in [0.1, 0.15) is 0 Å². The fraction of sp³-hybridized carbons (Fsp3) is 0. The van der Waals surface area contributed by atoms with Crippen LogP contribution in [-0.4, -0.2) is 25.6 Å². The van der Waals surface area contributed by atoms with Crippen LogP contribution in [0.2, 0.25) is 0 Å². The number of anilines is 2. The second-order valence-corrected chi connectivity index (χ2v) is 4.48. The minimum absolute atomic E-state index is 1.02. The van der Waals surface area contributed by atoms with Gasteiger partial charge in [-0.2, -0.15) is 0 Å². The summed E-state index contributed by atoms with van der Waals surface area (Å²) in [5, 5.41) is 6.60. The van der Waals surface area contributed by atoms with Crippen LogP contribution in [0, 0.1) is 0 Å². The van der Waals surface area contributed by atoms with E-state index in [0.29, 0.717) is 0 Å². The normalized spacial score (nSPS) is 9.50. The predicted molar refractivity (Wildman–Crippen MR) is 70.9 cm³/mol. The number of hydrogen-bond acceptors (Lipinski definition) is 2. The average Bonchev–Trinajstić information content (AvgIpc) is 2.31. The Labute approximate surface area is 108 Å². The quantitative estimate of drug-likeness (QED) is 0.845. The number of hydrogen-bond donors (Lipinski definition) is 2. The molecule has 0 spiro atoms. The van der Waals surface area contributed by atoms with Gasteiger partial charge in [0.1, 0.15) is 0 Å². The van der Waals surface area contributed by atoms with Crippen LogP contribution in [-0.2, 0) is 0 Å². The molecule has 0 saturated heterocycles. The van der Waals surface area contributed by atoms with Gasteiger partial charge in [0.2, 0.25) is 0 Å². The van der Waals surface area contributed by atoms with Crippen molar-refractivity contribution in [2.24, 2.45) is 0 Å². The zero-order valence-electron chi connectivity index (χ0n) is 8.68. The molecule has 0 radical (unpaired) electrons. The van der Waals surface area contributed by atoms with E-state index in [-0.39, 0.29) is 0 Å². The number of rotatable bonds is 4. The van der Waals surface area contributed by atoms with Crippen LogP contribution in [0.3, 0.4) is 0 Å². The van der Waals surface area contributed by atoms with Crippen molar-refractivity contribution < 1.29 is 0 Å². The Morgan fingerprint density at radius 2 is 1.06 bits per heavy atom. The molecule has 0 aliphatic carbocycles. The fourth-order valence-electron chi connectivity index (χ4n) is 1.34. The van der Waals surface area contributed by atoms with Gasteiger partial charge in [0.15, 0.2) is 0 Å². The molecule has 2 nitrogen and oxygen atoms in total. The summed E-state index contributed by atoms with van der Waals surface area (Å²) in [7, 11) is 0. The summed E-state index contributed by atoms with van der Waals surface area (Å²) in [6.45, 7) is 0. The van der Waals surface area contributed by atoms with E-state index in [1.54, 1.807) is 0 Å². The molecule has 3 heteroatoms. The first kappa shape index (κ1) is 11.2. The standard InChI is InChI=1S/C13H12N2Te/c16-13(14-11-7-3-1-4-8-11)15-12-9-5-2-6-10-12/h1-10H,(H2,14,15,16). The summed E-state index contributed by atoms with van der Waals surface area (Å²) >= 11 is 1.94. The van der Waals surface area contributed by atoms with Crippen LogP contribution in [0.5, 0.6) is 0 Å². The SMILES string of the molecule is [Te]=C(Nc1ccccc1)Nc1ccccc1. The third kappa shape index (κ3) is 3.37. The molecule has 16 heavy (non-hydrogen) atoms. The van der Waals surface area contributed by atoms with Crippen LogP contribution in [0.15, 0.2) is 60.7 Å². The van der Waals surface area contributed by atoms with E-state index < -0.39 is 0 Å². The molecule has 2 rings (SSSR count). The summed E-state index contributed by atoms with van der Waals surface area (Å²) in [4.78, 5) is 0. The second-order valence-electron chi connectivity index (χ2n) is 3.31. The number of nitrogens with one attached hydrogen (secondary N) is 2. The van der Waals surface area contributed by atoms with Crippen LogP contribution < -0.4 is 10.6 Å². The van der Waals surface area contributed by atoms with Crippen molar-refractivity contribution >= 4 is 37.0 Å². The van der Waals surface area contributed by atoms with E-state index in [0.717, 1.165) is 15.2 Å². The molecule has 2 aromatic rings. The van der Waals surface area contributed by atoms with Crippen LogP contribution in [0.25, 0.3) is 0 Å². The zero-order chi connectivity index (χ0) is 11.2. The molecule has 0 aliphatic rings. The molecule has 0 fully saturated rings. The Morgan fingerprint density at radius 1 is 0.688 bits per heavy atom. The van der Waals surface area contributed by atoms with E-state index >= 15 is 0 Å². The molecule has 80 valence electrons. The van der Waals surface area contributed by atoms with E-state index in [1.165, 1.54) is 0 Å². The van der Waals surface area contributed by atoms with E-state index in [4.69, 9.17) is 0 Å². The summed E-state index contributed by atoms with van der Waals surface area (Å²) < 4.78 is 1.02. The average molecular weight is 324 g/mol. The maximum atomic E-state index is 3.30. The fourth-order valence-corrected chi connectivity index (χ4v) is 2.01. The Morgan fingerprint density at radius 3 is 1.44 bits per heavy atom. The molecule has 0 amide bonds. The van der Waals surface area contributed by atoms with E-state index in [2.05, 4.69) is 10.6 Å². The minimum atomic E-state index is 1.02. The van der Waals surface area contributed by atoms with Gasteiger partial charge in [-0.15, -0.1) is 0 Å². The van der Waals surface area contributed by atoms with Gasteiger partial charge in [0.25, 0.3) is 0 Å². The summed E-state index contributed by atoms with van der Waals surface area (Å²) in [5.74, 6) is 0. The summed E-state index contributed by atoms with van der Waals surface area (Å²) in [6, 6.07) is 20.2. The zero-order valence-corrected chi connectivity index (χ0v) is 11.0. The first-order valence-corrected chi connectivity index (χ1v) is 6.19. The van der Waals surface area contributed by atoms with Gasteiger partial charge >= 0.3 is 108 Å². The molecule has 0 aromatic heterocycles. The van der Waals surface area contributed by atoms with Crippen molar-refractivity contribution in [3.63, 3.8) is 0 Å². The molecule has 0 saturated carbocycles. The summed E-state index contributed by atoms with van der Waals surface area (Å²) in [6.07, 6.45) is 0. The van der Waals surface area contributed by atoms with Crippen molar-refractivity contribution in [2.75, 3.05) is 10.6 Å². The Hall–Kier alpha value is -1.30. The monoisotopic (exact) mass is 326 g/mol. The molecular formula is C13H12N2Te. The number of para-hydroxylation sites is 2. The van der Waals surface area contributed by atoms with Crippen molar-refractivity contribution in [2.45, 2.75) is 0 Å². The topological polar surface area (TPSA) is 24.1 Å². The Balaban J connectivity index is 1.95. The van der Waals surface area contributed by atoms with Crippen LogP contribution in [0.4, 0.5) is 11.4 Å². The predicted octanol–water partition coefficient (Wildman–Crippen LogP) is 2.47. The van der Waals surface area contributed by atoms with Crippen molar-refractivity contribution in [3.05, 3.63) is 60.7 Å². The van der Waals surface area contributed by atoms with Crippen LogP contribution >= 0.6 is 0 Å². The molecule has 0 aliphatic heterocycles. The third-order valence-corrected chi connectivity index (χ3v) is 2.65. The third-order valence-electron chi connectivity index (χ3n) is 2.06. The van der Waals surface area contributed by atoms with Gasteiger partial charge in [-0.05, 0) is 0 Å². The van der Waals surface area contributed by atoms with Crippen molar-refractivity contribution in [1.29, 1.82) is 0 Å². The van der Waals surface area contributed by atoms with Gasteiger partial charge in [-0.1, -0.05) is 0 Å². The number of benzene rings is 2.